The molecule has 0 saturated carbocycles. The van der Waals surface area contributed by atoms with Gasteiger partial charge in [-0.05, 0) is 23.3 Å². The van der Waals surface area contributed by atoms with Crippen molar-refractivity contribution in [2.75, 3.05) is 11.9 Å². The third kappa shape index (κ3) is 3.36. The minimum absolute atomic E-state index is 0.744. The lowest BCUT2D eigenvalue weighted by molar-refractivity contribution is 1.34. The monoisotopic (exact) mass is 243 g/mol. The molecule has 0 aliphatic rings. The molecule has 0 fully saturated rings. The molecule has 86 valence electrons. The summed E-state index contributed by atoms with van der Waals surface area (Å²) in [4.78, 5) is 0. The van der Waals surface area contributed by atoms with Crippen molar-refractivity contribution in [2.24, 2.45) is 0 Å². The predicted molar refractivity (Wildman–Crippen MR) is 75.4 cm³/mol. The number of rotatable bonds is 4. The third-order valence-electron chi connectivity index (χ3n) is 2.51. The first-order valence-corrected chi connectivity index (χ1v) is 5.98. The summed E-state index contributed by atoms with van der Waals surface area (Å²) in [5.74, 6) is 0. The first kappa shape index (κ1) is 11.7. The molecule has 0 aromatic heterocycles. The fraction of sp³-hybridized carbons (Fsp3) is 0.0667. The lowest BCUT2D eigenvalue weighted by Gasteiger charge is -2.05. The van der Waals surface area contributed by atoms with Gasteiger partial charge in [-0.3, -0.25) is 0 Å². The molecule has 0 heterocycles. The maximum absolute atomic E-state index is 5.45. The summed E-state index contributed by atoms with van der Waals surface area (Å²) in [6.45, 7) is 0.744. The van der Waals surface area contributed by atoms with Crippen LogP contribution in [0.15, 0.2) is 66.2 Å². The van der Waals surface area contributed by atoms with Crippen molar-refractivity contribution in [3.63, 3.8) is 0 Å². The first-order valence-electron chi connectivity index (χ1n) is 5.55. The molecule has 0 amide bonds. The Balaban J connectivity index is 2.08. The van der Waals surface area contributed by atoms with Gasteiger partial charge in [-0.2, -0.15) is 0 Å². The summed E-state index contributed by atoms with van der Waals surface area (Å²) < 4.78 is 0. The second-order valence-electron chi connectivity index (χ2n) is 3.69. The smallest absolute Gasteiger partial charge is 0.0343 e. The molecule has 2 aromatic carbocycles. The largest absolute Gasteiger partial charge is 0.382 e. The average Bonchev–Trinajstić information content (AvgIpc) is 2.41. The van der Waals surface area contributed by atoms with Crippen LogP contribution in [0.4, 0.5) is 5.69 Å². The Labute approximate surface area is 107 Å². The fourth-order valence-electron chi connectivity index (χ4n) is 1.63. The zero-order chi connectivity index (χ0) is 11.9. The van der Waals surface area contributed by atoms with Gasteiger partial charge in [0, 0.05) is 17.8 Å². The number of hydrogen-bond donors (Lipinski definition) is 1. The maximum atomic E-state index is 5.45. The van der Waals surface area contributed by atoms with Crippen LogP contribution >= 0.6 is 11.6 Å². The Morgan fingerprint density at radius 1 is 0.882 bits per heavy atom. The van der Waals surface area contributed by atoms with Crippen molar-refractivity contribution < 1.29 is 0 Å². The summed E-state index contributed by atoms with van der Waals surface area (Å²) in [5, 5.41) is 3.25. The standard InChI is InChI=1S/C15H14ClN/c16-11-4-12-17-15-9-7-14(8-10-15)13-5-2-1-3-6-13/h1-11,17H,12H2/b11-4+. The van der Waals surface area contributed by atoms with Crippen molar-refractivity contribution in [1.82, 2.24) is 0 Å². The molecule has 17 heavy (non-hydrogen) atoms. The summed E-state index contributed by atoms with van der Waals surface area (Å²) in [7, 11) is 0. The van der Waals surface area contributed by atoms with E-state index in [1.807, 2.05) is 24.3 Å². The van der Waals surface area contributed by atoms with E-state index in [9.17, 15) is 0 Å². The Hall–Kier alpha value is -1.73. The molecule has 2 aromatic rings. The van der Waals surface area contributed by atoms with Crippen molar-refractivity contribution in [3.05, 3.63) is 66.2 Å². The van der Waals surface area contributed by atoms with Crippen LogP contribution < -0.4 is 5.32 Å². The van der Waals surface area contributed by atoms with E-state index in [0.717, 1.165) is 12.2 Å². The van der Waals surface area contributed by atoms with E-state index in [1.54, 1.807) is 0 Å². The van der Waals surface area contributed by atoms with Crippen LogP contribution in [0.25, 0.3) is 11.1 Å². The molecular weight excluding hydrogens is 230 g/mol. The third-order valence-corrected chi connectivity index (χ3v) is 2.68. The lowest BCUT2D eigenvalue weighted by Crippen LogP contribution is -1.97. The van der Waals surface area contributed by atoms with Gasteiger partial charge in [-0.15, -0.1) is 0 Å². The van der Waals surface area contributed by atoms with E-state index in [0.29, 0.717) is 0 Å². The van der Waals surface area contributed by atoms with Crippen LogP contribution in [0.3, 0.4) is 0 Å². The Morgan fingerprint density at radius 2 is 1.53 bits per heavy atom. The van der Waals surface area contributed by atoms with Crippen LogP contribution in [-0.2, 0) is 0 Å². The number of benzene rings is 2. The van der Waals surface area contributed by atoms with Gasteiger partial charge in [-0.1, -0.05) is 60.1 Å². The van der Waals surface area contributed by atoms with Crippen LogP contribution in [-0.4, -0.2) is 6.54 Å². The van der Waals surface area contributed by atoms with E-state index in [1.165, 1.54) is 16.7 Å². The molecule has 1 N–H and O–H groups in total. The normalized spacial score (nSPS) is 10.6. The van der Waals surface area contributed by atoms with E-state index >= 15 is 0 Å². The highest BCUT2D eigenvalue weighted by molar-refractivity contribution is 6.25. The van der Waals surface area contributed by atoms with Crippen molar-refractivity contribution in [3.8, 4) is 11.1 Å². The zero-order valence-electron chi connectivity index (χ0n) is 9.44. The van der Waals surface area contributed by atoms with Crippen molar-refractivity contribution in [2.45, 2.75) is 0 Å². The van der Waals surface area contributed by atoms with Gasteiger partial charge < -0.3 is 5.32 Å². The lowest BCUT2D eigenvalue weighted by atomic mass is 10.1. The highest BCUT2D eigenvalue weighted by Crippen LogP contribution is 2.20. The van der Waals surface area contributed by atoms with Gasteiger partial charge in [0.1, 0.15) is 0 Å². The molecule has 1 nitrogen and oxygen atoms in total. The molecule has 0 atom stereocenters. The fourth-order valence-corrected chi connectivity index (χ4v) is 1.72. The van der Waals surface area contributed by atoms with Gasteiger partial charge in [-0.25, -0.2) is 0 Å². The molecule has 0 bridgehead atoms. The molecular formula is C15H14ClN. The van der Waals surface area contributed by atoms with Crippen LogP contribution in [0, 0.1) is 0 Å². The van der Waals surface area contributed by atoms with Crippen molar-refractivity contribution >= 4 is 17.3 Å². The molecule has 0 aliphatic carbocycles. The van der Waals surface area contributed by atoms with E-state index in [2.05, 4.69) is 41.7 Å². The summed E-state index contributed by atoms with van der Waals surface area (Å²) in [6, 6.07) is 18.7. The van der Waals surface area contributed by atoms with Crippen LogP contribution in [0.2, 0.25) is 0 Å². The highest BCUT2D eigenvalue weighted by atomic mass is 35.5. The van der Waals surface area contributed by atoms with Gasteiger partial charge in [0.2, 0.25) is 0 Å². The summed E-state index contributed by atoms with van der Waals surface area (Å²) >= 11 is 5.45. The highest BCUT2D eigenvalue weighted by Gasteiger charge is 1.96. The minimum atomic E-state index is 0.744. The molecule has 2 rings (SSSR count). The van der Waals surface area contributed by atoms with Crippen molar-refractivity contribution in [1.29, 1.82) is 0 Å². The molecule has 0 spiro atoms. The summed E-state index contributed by atoms with van der Waals surface area (Å²) in [5.41, 5.74) is 5.08. The maximum Gasteiger partial charge on any atom is 0.0343 e. The zero-order valence-corrected chi connectivity index (χ0v) is 10.2. The Kier molecular flexibility index (Phi) is 4.23. The quantitative estimate of drug-likeness (QED) is 0.833. The number of halogens is 1. The first-order chi connectivity index (χ1) is 8.40. The second kappa shape index (κ2) is 6.12. The predicted octanol–water partition coefficient (Wildman–Crippen LogP) is 4.52. The number of hydrogen-bond acceptors (Lipinski definition) is 1. The SMILES string of the molecule is Cl/C=C/CNc1ccc(-c2ccccc2)cc1. The Morgan fingerprint density at radius 3 is 2.18 bits per heavy atom. The molecule has 0 aliphatic heterocycles. The molecule has 2 heteroatoms. The van der Waals surface area contributed by atoms with Crippen LogP contribution in [0.5, 0.6) is 0 Å². The number of nitrogens with one attached hydrogen (secondary N) is 1. The summed E-state index contributed by atoms with van der Waals surface area (Å²) in [6.07, 6.45) is 1.87. The van der Waals surface area contributed by atoms with Gasteiger partial charge in [0.25, 0.3) is 0 Å². The average molecular weight is 244 g/mol. The topological polar surface area (TPSA) is 12.0 Å². The van der Waals surface area contributed by atoms with E-state index < -0.39 is 0 Å². The van der Waals surface area contributed by atoms with E-state index in [-0.39, 0.29) is 0 Å². The second-order valence-corrected chi connectivity index (χ2v) is 3.94. The van der Waals surface area contributed by atoms with Crippen LogP contribution in [0.1, 0.15) is 0 Å². The van der Waals surface area contributed by atoms with Gasteiger partial charge in [0.15, 0.2) is 0 Å². The van der Waals surface area contributed by atoms with Gasteiger partial charge in [0.05, 0.1) is 0 Å². The molecule has 0 saturated heterocycles. The number of anilines is 1. The minimum Gasteiger partial charge on any atom is -0.382 e. The molecule has 0 radical (unpaired) electrons. The Bertz CT molecular complexity index is 474. The van der Waals surface area contributed by atoms with E-state index in [4.69, 9.17) is 11.6 Å². The molecule has 0 unspecified atom stereocenters. The van der Waals surface area contributed by atoms with Gasteiger partial charge >= 0.3 is 0 Å².